The molecule has 0 spiro atoms. The van der Waals surface area contributed by atoms with Crippen LogP contribution in [-0.2, 0) is 16.1 Å². The minimum absolute atomic E-state index is 0.0697. The molecule has 0 heterocycles. The minimum atomic E-state index is -0.908. The molecule has 1 aromatic carbocycles. The second-order valence-corrected chi connectivity index (χ2v) is 6.60. The van der Waals surface area contributed by atoms with Crippen molar-refractivity contribution >= 4 is 17.9 Å². The number of hydrogen-bond donors (Lipinski definition) is 4. The van der Waals surface area contributed by atoms with Gasteiger partial charge in [-0.2, -0.15) is 0 Å². The number of hydrogen-bond acceptors (Lipinski definition) is 3. The van der Waals surface area contributed by atoms with E-state index in [-0.39, 0.29) is 18.9 Å². The fraction of sp³-hybridized carbons (Fsp3) is 0.500. The number of nitrogens with one attached hydrogen (secondary N) is 3. The molecular formula is C18H24FN3O4. The van der Waals surface area contributed by atoms with Crippen LogP contribution in [0.4, 0.5) is 9.18 Å². The van der Waals surface area contributed by atoms with Crippen molar-refractivity contribution in [3.05, 3.63) is 35.6 Å². The molecule has 0 saturated heterocycles. The Labute approximate surface area is 151 Å². The first-order chi connectivity index (χ1) is 12.4. The van der Waals surface area contributed by atoms with Gasteiger partial charge >= 0.3 is 12.0 Å². The van der Waals surface area contributed by atoms with E-state index in [1.807, 2.05) is 6.92 Å². The first-order valence-corrected chi connectivity index (χ1v) is 8.66. The maximum absolute atomic E-state index is 12.9. The van der Waals surface area contributed by atoms with Crippen molar-refractivity contribution in [1.29, 1.82) is 0 Å². The molecule has 1 fully saturated rings. The molecule has 1 unspecified atom stereocenters. The Balaban J connectivity index is 1.81. The summed E-state index contributed by atoms with van der Waals surface area (Å²) in [4.78, 5) is 35.5. The van der Waals surface area contributed by atoms with Crippen LogP contribution in [0.3, 0.4) is 0 Å². The molecule has 8 heteroatoms. The maximum atomic E-state index is 12.9. The molecule has 0 radical (unpaired) electrons. The fourth-order valence-electron chi connectivity index (χ4n) is 2.55. The van der Waals surface area contributed by atoms with E-state index in [2.05, 4.69) is 16.0 Å². The highest BCUT2D eigenvalue weighted by Crippen LogP contribution is 2.45. The second-order valence-electron chi connectivity index (χ2n) is 6.60. The van der Waals surface area contributed by atoms with Gasteiger partial charge in [0.25, 0.3) is 0 Å². The summed E-state index contributed by atoms with van der Waals surface area (Å²) < 4.78 is 12.9. The molecule has 1 atom stereocenters. The monoisotopic (exact) mass is 365 g/mol. The first kappa shape index (κ1) is 19.7. The third-order valence-electron chi connectivity index (χ3n) is 4.47. The van der Waals surface area contributed by atoms with Gasteiger partial charge in [-0.05, 0) is 37.0 Å². The van der Waals surface area contributed by atoms with Crippen LogP contribution >= 0.6 is 0 Å². The zero-order valence-electron chi connectivity index (χ0n) is 14.7. The van der Waals surface area contributed by atoms with Crippen LogP contribution in [0.15, 0.2) is 24.3 Å². The zero-order valence-corrected chi connectivity index (χ0v) is 14.7. The Hall–Kier alpha value is -2.64. The van der Waals surface area contributed by atoms with Gasteiger partial charge in [-0.1, -0.05) is 25.5 Å². The standard InChI is InChI=1S/C18H24FN3O4/c1-2-3-14(15(23)21-11-18(8-9-18)16(24)25)22-17(26)20-10-12-4-6-13(19)7-5-12/h4-7,14H,2-3,8-11H2,1H3,(H,21,23)(H,24,25)(H2,20,22,26). The van der Waals surface area contributed by atoms with Crippen molar-refractivity contribution in [3.8, 4) is 0 Å². The van der Waals surface area contributed by atoms with Gasteiger partial charge in [-0.15, -0.1) is 0 Å². The number of rotatable bonds is 9. The van der Waals surface area contributed by atoms with Gasteiger partial charge in [-0.25, -0.2) is 9.18 Å². The Morgan fingerprint density at radius 1 is 1.19 bits per heavy atom. The highest BCUT2D eigenvalue weighted by molar-refractivity contribution is 5.87. The van der Waals surface area contributed by atoms with Crippen LogP contribution in [0.2, 0.25) is 0 Å². The molecule has 0 aliphatic heterocycles. The van der Waals surface area contributed by atoms with Crippen LogP contribution < -0.4 is 16.0 Å². The summed E-state index contributed by atoms with van der Waals surface area (Å²) in [5.41, 5.74) is -0.118. The molecule has 1 aliphatic carbocycles. The topological polar surface area (TPSA) is 108 Å². The molecule has 3 amide bonds. The third kappa shape index (κ3) is 5.44. The smallest absolute Gasteiger partial charge is 0.315 e. The molecule has 1 aliphatic rings. The van der Waals surface area contributed by atoms with Crippen LogP contribution in [0.1, 0.15) is 38.2 Å². The van der Waals surface area contributed by atoms with Gasteiger partial charge < -0.3 is 21.1 Å². The lowest BCUT2D eigenvalue weighted by Gasteiger charge is -2.19. The van der Waals surface area contributed by atoms with Crippen molar-refractivity contribution in [1.82, 2.24) is 16.0 Å². The number of carbonyl (C=O) groups excluding carboxylic acids is 2. The van der Waals surface area contributed by atoms with E-state index in [9.17, 15) is 18.8 Å². The van der Waals surface area contributed by atoms with E-state index in [1.165, 1.54) is 12.1 Å². The van der Waals surface area contributed by atoms with Gasteiger partial charge in [-0.3, -0.25) is 9.59 Å². The SMILES string of the molecule is CCCC(NC(=O)NCc1ccc(F)cc1)C(=O)NCC1(C(=O)O)CC1. The normalized spacial score (nSPS) is 15.6. The summed E-state index contributed by atoms with van der Waals surface area (Å²) in [6.45, 7) is 2.16. The zero-order chi connectivity index (χ0) is 19.2. The quantitative estimate of drug-likeness (QED) is 0.535. The fourth-order valence-corrected chi connectivity index (χ4v) is 2.55. The highest BCUT2D eigenvalue weighted by Gasteiger charge is 2.50. The van der Waals surface area contributed by atoms with Crippen molar-refractivity contribution in [2.24, 2.45) is 5.41 Å². The predicted molar refractivity (Wildman–Crippen MR) is 92.8 cm³/mol. The lowest BCUT2D eigenvalue weighted by Crippen LogP contribution is -2.51. The van der Waals surface area contributed by atoms with Gasteiger partial charge in [0, 0.05) is 13.1 Å². The maximum Gasteiger partial charge on any atom is 0.315 e. The number of halogens is 1. The van der Waals surface area contributed by atoms with Crippen molar-refractivity contribution in [2.45, 2.75) is 45.2 Å². The Bertz CT molecular complexity index is 659. The molecule has 1 saturated carbocycles. The molecule has 1 aromatic rings. The van der Waals surface area contributed by atoms with Gasteiger partial charge in [0.05, 0.1) is 5.41 Å². The lowest BCUT2D eigenvalue weighted by atomic mass is 10.1. The summed E-state index contributed by atoms with van der Waals surface area (Å²) in [6.07, 6.45) is 2.22. The average Bonchev–Trinajstić information content (AvgIpc) is 3.40. The van der Waals surface area contributed by atoms with Crippen molar-refractivity contribution in [3.63, 3.8) is 0 Å². The van der Waals surface area contributed by atoms with E-state index < -0.39 is 29.4 Å². The largest absolute Gasteiger partial charge is 0.481 e. The highest BCUT2D eigenvalue weighted by atomic mass is 19.1. The average molecular weight is 365 g/mol. The molecule has 4 N–H and O–H groups in total. The van der Waals surface area contributed by atoms with Gasteiger partial charge in [0.2, 0.25) is 5.91 Å². The molecule has 0 aromatic heterocycles. The van der Waals surface area contributed by atoms with Crippen LogP contribution in [-0.4, -0.2) is 35.6 Å². The first-order valence-electron chi connectivity index (χ1n) is 8.66. The van der Waals surface area contributed by atoms with Crippen molar-refractivity contribution < 1.29 is 23.9 Å². The van der Waals surface area contributed by atoms with E-state index in [0.717, 1.165) is 5.56 Å². The lowest BCUT2D eigenvalue weighted by molar-refractivity contribution is -0.143. The third-order valence-corrected chi connectivity index (χ3v) is 4.47. The van der Waals surface area contributed by atoms with Crippen LogP contribution in [0.5, 0.6) is 0 Å². The Morgan fingerprint density at radius 3 is 2.38 bits per heavy atom. The summed E-state index contributed by atoms with van der Waals surface area (Å²) in [5.74, 6) is -1.65. The molecule has 142 valence electrons. The summed E-state index contributed by atoms with van der Waals surface area (Å²) in [5, 5.41) is 17.0. The number of urea groups is 1. The molecule has 0 bridgehead atoms. The number of carboxylic acid groups (broad SMARTS) is 1. The summed E-state index contributed by atoms with van der Waals surface area (Å²) in [6, 6.07) is 4.48. The summed E-state index contributed by atoms with van der Waals surface area (Å²) in [7, 11) is 0. The minimum Gasteiger partial charge on any atom is -0.481 e. The number of carboxylic acids is 1. The number of carbonyl (C=O) groups is 3. The van der Waals surface area contributed by atoms with E-state index in [4.69, 9.17) is 5.11 Å². The second kappa shape index (κ2) is 8.64. The number of amides is 3. The number of aliphatic carboxylic acids is 1. The van der Waals surface area contributed by atoms with Crippen molar-refractivity contribution in [2.75, 3.05) is 6.54 Å². The van der Waals surface area contributed by atoms with Gasteiger partial charge in [0.15, 0.2) is 0 Å². The molecule has 26 heavy (non-hydrogen) atoms. The predicted octanol–water partition coefficient (Wildman–Crippen LogP) is 1.77. The Kier molecular flexibility index (Phi) is 6.54. The molecule has 7 nitrogen and oxygen atoms in total. The van der Waals surface area contributed by atoms with Gasteiger partial charge in [0.1, 0.15) is 11.9 Å². The van der Waals surface area contributed by atoms with E-state index in [0.29, 0.717) is 25.7 Å². The number of benzene rings is 1. The van der Waals surface area contributed by atoms with E-state index >= 15 is 0 Å². The van der Waals surface area contributed by atoms with E-state index in [1.54, 1.807) is 12.1 Å². The van der Waals surface area contributed by atoms with Crippen LogP contribution in [0, 0.1) is 11.2 Å². The molecular weight excluding hydrogens is 341 g/mol. The molecule has 2 rings (SSSR count). The Morgan fingerprint density at radius 2 is 1.85 bits per heavy atom. The summed E-state index contributed by atoms with van der Waals surface area (Å²) >= 11 is 0. The van der Waals surface area contributed by atoms with Crippen LogP contribution in [0.25, 0.3) is 0 Å².